The maximum Gasteiger partial charge on any atom is 0.222 e. The van der Waals surface area contributed by atoms with Crippen molar-refractivity contribution in [1.29, 1.82) is 0 Å². The van der Waals surface area contributed by atoms with E-state index in [9.17, 15) is 4.79 Å². The number of hydrogen-bond donors (Lipinski definition) is 1. The lowest BCUT2D eigenvalue weighted by Gasteiger charge is -2.20. The van der Waals surface area contributed by atoms with Crippen LogP contribution in [0.15, 0.2) is 54.6 Å². The summed E-state index contributed by atoms with van der Waals surface area (Å²) in [5.74, 6) is 2.61. The van der Waals surface area contributed by atoms with Gasteiger partial charge in [-0.25, -0.2) is 0 Å². The Labute approximate surface area is 200 Å². The predicted octanol–water partition coefficient (Wildman–Crippen LogP) is 3.13. The number of amides is 1. The van der Waals surface area contributed by atoms with E-state index in [1.807, 2.05) is 37.3 Å². The minimum absolute atomic E-state index is 0.0434. The highest BCUT2D eigenvalue weighted by Gasteiger charge is 2.22. The lowest BCUT2D eigenvalue weighted by Crippen LogP contribution is -2.30. The van der Waals surface area contributed by atoms with Gasteiger partial charge in [0.15, 0.2) is 5.82 Å². The van der Waals surface area contributed by atoms with E-state index in [0.29, 0.717) is 19.6 Å². The molecule has 0 unspecified atom stereocenters. The second kappa shape index (κ2) is 11.8. The molecule has 1 aliphatic rings. The third-order valence-corrected chi connectivity index (χ3v) is 6.02. The molecule has 0 aliphatic carbocycles. The van der Waals surface area contributed by atoms with E-state index in [0.717, 1.165) is 55.6 Å². The van der Waals surface area contributed by atoms with E-state index < -0.39 is 0 Å². The molecule has 2 aromatic carbocycles. The summed E-state index contributed by atoms with van der Waals surface area (Å²) in [4.78, 5) is 14.5. The van der Waals surface area contributed by atoms with Crippen molar-refractivity contribution >= 4 is 5.91 Å². The molecule has 2 heterocycles. The number of fused-ring (bicyclic) bond motifs is 1. The SMILES string of the molecule is COCCC(=O)N[C@H](C)c1nnc2n1CCN(Cc1ccc(OCc3ccccc3)cc1)CC2. The molecule has 0 fully saturated rings. The van der Waals surface area contributed by atoms with Crippen LogP contribution in [0.2, 0.25) is 0 Å². The number of nitrogens with one attached hydrogen (secondary N) is 1. The molecule has 1 aromatic heterocycles. The minimum atomic E-state index is -0.194. The molecule has 8 nitrogen and oxygen atoms in total. The van der Waals surface area contributed by atoms with E-state index in [4.69, 9.17) is 9.47 Å². The fourth-order valence-corrected chi connectivity index (χ4v) is 4.13. The number of methoxy groups -OCH3 is 1. The van der Waals surface area contributed by atoms with Gasteiger partial charge in [0.1, 0.15) is 18.2 Å². The normalized spacial score (nSPS) is 14.8. The van der Waals surface area contributed by atoms with Crippen molar-refractivity contribution < 1.29 is 14.3 Å². The van der Waals surface area contributed by atoms with Gasteiger partial charge in [-0.1, -0.05) is 42.5 Å². The van der Waals surface area contributed by atoms with Crippen LogP contribution in [0.3, 0.4) is 0 Å². The molecule has 8 heteroatoms. The number of nitrogens with zero attached hydrogens (tertiary/aromatic N) is 4. The van der Waals surface area contributed by atoms with E-state index in [1.165, 1.54) is 5.56 Å². The number of carbonyl (C=O) groups is 1. The minimum Gasteiger partial charge on any atom is -0.489 e. The molecule has 0 bridgehead atoms. The summed E-state index contributed by atoms with van der Waals surface area (Å²) < 4.78 is 13.0. The molecular formula is C26H33N5O3. The van der Waals surface area contributed by atoms with Crippen LogP contribution in [0.25, 0.3) is 0 Å². The van der Waals surface area contributed by atoms with Gasteiger partial charge in [-0.05, 0) is 30.2 Å². The van der Waals surface area contributed by atoms with Gasteiger partial charge in [-0.2, -0.15) is 0 Å². The molecule has 0 saturated carbocycles. The van der Waals surface area contributed by atoms with E-state index in [-0.39, 0.29) is 11.9 Å². The second-order valence-electron chi connectivity index (χ2n) is 8.60. The topological polar surface area (TPSA) is 81.5 Å². The molecule has 1 aliphatic heterocycles. The molecular weight excluding hydrogens is 430 g/mol. The van der Waals surface area contributed by atoms with E-state index >= 15 is 0 Å². The first-order chi connectivity index (χ1) is 16.6. The summed E-state index contributed by atoms with van der Waals surface area (Å²) in [7, 11) is 1.59. The largest absolute Gasteiger partial charge is 0.489 e. The van der Waals surface area contributed by atoms with Crippen molar-refractivity contribution in [2.45, 2.75) is 45.5 Å². The van der Waals surface area contributed by atoms with Gasteiger partial charge in [-0.3, -0.25) is 9.69 Å². The van der Waals surface area contributed by atoms with E-state index in [1.54, 1.807) is 7.11 Å². The number of ether oxygens (including phenoxy) is 2. The molecule has 1 amide bonds. The van der Waals surface area contributed by atoms with Gasteiger partial charge in [0.2, 0.25) is 5.91 Å². The summed E-state index contributed by atoms with van der Waals surface area (Å²) in [5.41, 5.74) is 2.41. The lowest BCUT2D eigenvalue weighted by atomic mass is 10.2. The van der Waals surface area contributed by atoms with Gasteiger partial charge >= 0.3 is 0 Å². The average Bonchev–Trinajstić information content (AvgIpc) is 3.17. The van der Waals surface area contributed by atoms with Gasteiger partial charge in [0.05, 0.1) is 12.6 Å². The monoisotopic (exact) mass is 463 g/mol. The summed E-state index contributed by atoms with van der Waals surface area (Å²) in [6, 6.07) is 18.3. The highest BCUT2D eigenvalue weighted by atomic mass is 16.5. The third kappa shape index (κ3) is 6.42. The number of carbonyl (C=O) groups excluding carboxylic acids is 1. The second-order valence-corrected chi connectivity index (χ2v) is 8.60. The van der Waals surface area contributed by atoms with Crippen molar-refractivity contribution in [3.05, 3.63) is 77.4 Å². The van der Waals surface area contributed by atoms with Crippen LogP contribution in [0.4, 0.5) is 0 Å². The van der Waals surface area contributed by atoms with Crippen molar-refractivity contribution in [1.82, 2.24) is 25.0 Å². The quantitative estimate of drug-likeness (QED) is 0.498. The molecule has 0 spiro atoms. The molecule has 4 rings (SSSR count). The number of hydrogen-bond acceptors (Lipinski definition) is 6. The highest BCUT2D eigenvalue weighted by molar-refractivity contribution is 5.76. The van der Waals surface area contributed by atoms with Crippen LogP contribution in [0.1, 0.15) is 42.2 Å². The smallest absolute Gasteiger partial charge is 0.222 e. The fourth-order valence-electron chi connectivity index (χ4n) is 4.13. The van der Waals surface area contributed by atoms with Crippen LogP contribution < -0.4 is 10.1 Å². The number of benzene rings is 2. The van der Waals surface area contributed by atoms with E-state index in [2.05, 4.69) is 49.2 Å². The Morgan fingerprint density at radius 3 is 2.59 bits per heavy atom. The maximum atomic E-state index is 12.1. The number of rotatable bonds is 10. The van der Waals surface area contributed by atoms with Crippen molar-refractivity contribution in [2.75, 3.05) is 26.8 Å². The molecule has 3 aromatic rings. The third-order valence-electron chi connectivity index (χ3n) is 6.02. The standard InChI is InChI=1S/C26H33N5O3/c1-20(27-25(32)13-17-33-2)26-29-28-24-12-14-30(15-16-31(24)26)18-21-8-10-23(11-9-21)34-19-22-6-4-3-5-7-22/h3-11,20H,12-19H2,1-2H3,(H,27,32)/t20-/m1/s1. The Morgan fingerprint density at radius 2 is 1.82 bits per heavy atom. The van der Waals surface area contributed by atoms with Crippen LogP contribution >= 0.6 is 0 Å². The maximum absolute atomic E-state index is 12.1. The summed E-state index contributed by atoms with van der Waals surface area (Å²) in [5, 5.41) is 11.8. The predicted molar refractivity (Wildman–Crippen MR) is 129 cm³/mol. The summed E-state index contributed by atoms with van der Waals surface area (Å²) >= 11 is 0. The lowest BCUT2D eigenvalue weighted by molar-refractivity contribution is -0.122. The fraction of sp³-hybridized carbons (Fsp3) is 0.423. The first-order valence-electron chi connectivity index (χ1n) is 11.8. The zero-order valence-electron chi connectivity index (χ0n) is 19.9. The van der Waals surface area contributed by atoms with Crippen LogP contribution in [0, 0.1) is 0 Å². The molecule has 180 valence electrons. The average molecular weight is 464 g/mol. The Bertz CT molecular complexity index is 1050. The zero-order chi connectivity index (χ0) is 23.8. The Kier molecular flexibility index (Phi) is 8.27. The first kappa shape index (κ1) is 23.9. The molecule has 0 radical (unpaired) electrons. The Balaban J connectivity index is 1.29. The molecule has 1 atom stereocenters. The Morgan fingerprint density at radius 1 is 1.03 bits per heavy atom. The van der Waals surface area contributed by atoms with Gasteiger partial charge in [0, 0.05) is 46.1 Å². The van der Waals surface area contributed by atoms with Gasteiger partial charge in [-0.15, -0.1) is 10.2 Å². The summed E-state index contributed by atoms with van der Waals surface area (Å²) in [6.07, 6.45) is 1.17. The van der Waals surface area contributed by atoms with Crippen molar-refractivity contribution in [3.63, 3.8) is 0 Å². The first-order valence-corrected chi connectivity index (χ1v) is 11.8. The molecule has 34 heavy (non-hydrogen) atoms. The van der Waals surface area contributed by atoms with Gasteiger partial charge in [0.25, 0.3) is 0 Å². The number of aromatic nitrogens is 3. The van der Waals surface area contributed by atoms with Crippen LogP contribution in [0.5, 0.6) is 5.75 Å². The summed E-state index contributed by atoms with van der Waals surface area (Å²) in [6.45, 7) is 6.41. The zero-order valence-corrected chi connectivity index (χ0v) is 19.9. The van der Waals surface area contributed by atoms with Crippen molar-refractivity contribution in [2.24, 2.45) is 0 Å². The van der Waals surface area contributed by atoms with Crippen LogP contribution in [-0.2, 0) is 35.6 Å². The highest BCUT2D eigenvalue weighted by Crippen LogP contribution is 2.19. The molecule has 0 saturated heterocycles. The van der Waals surface area contributed by atoms with Crippen LogP contribution in [-0.4, -0.2) is 52.4 Å². The molecule has 1 N–H and O–H groups in total. The van der Waals surface area contributed by atoms with Crippen molar-refractivity contribution in [3.8, 4) is 5.75 Å². The Hall–Kier alpha value is -3.23. The van der Waals surface area contributed by atoms with Gasteiger partial charge < -0.3 is 19.4 Å².